The lowest BCUT2D eigenvalue weighted by Crippen LogP contribution is -3.00. The number of esters is 1. The van der Waals surface area contributed by atoms with E-state index in [0.717, 1.165) is 23.5 Å². The Labute approximate surface area is 99.8 Å². The van der Waals surface area contributed by atoms with Gasteiger partial charge in [0.05, 0.1) is 20.6 Å². The molecule has 0 amide bonds. The predicted octanol–water partition coefficient (Wildman–Crippen LogP) is -1.32. The first-order valence-electron chi connectivity index (χ1n) is 5.29. The van der Waals surface area contributed by atoms with E-state index in [1.54, 1.807) is 0 Å². The Morgan fingerprint density at radius 3 is 2.20 bits per heavy atom. The monoisotopic (exact) mass is 237 g/mol. The van der Waals surface area contributed by atoms with Gasteiger partial charge in [0.1, 0.15) is 13.2 Å². The quantitative estimate of drug-likeness (QED) is 0.423. The molecule has 3 nitrogen and oxygen atoms in total. The lowest BCUT2D eigenvalue weighted by molar-refractivity contribution is -0.891. The molecule has 0 rings (SSSR count). The lowest BCUT2D eigenvalue weighted by atomic mass is 10.1. The Morgan fingerprint density at radius 1 is 1.27 bits per heavy atom. The standard InChI is InChI=1S/C11H24NO2.ClH/c1-10(2)6-7-12(4,5)8-9-14-11(3)13;/h10H,6-9H2,1-5H3;1H/q+1;/p-1. The minimum absolute atomic E-state index is 0. The van der Waals surface area contributed by atoms with E-state index in [-0.39, 0.29) is 18.4 Å². The van der Waals surface area contributed by atoms with Crippen LogP contribution in [0, 0.1) is 5.92 Å². The molecule has 0 aromatic rings. The van der Waals surface area contributed by atoms with Crippen LogP contribution in [0.5, 0.6) is 0 Å². The first-order chi connectivity index (χ1) is 6.33. The molecule has 0 radical (unpaired) electrons. The SMILES string of the molecule is CC(=O)OCC[N+](C)(C)CCC(C)C.[Cl-]. The van der Waals surface area contributed by atoms with Crippen LogP contribution in [-0.4, -0.2) is 44.2 Å². The van der Waals surface area contributed by atoms with Gasteiger partial charge in [-0.15, -0.1) is 0 Å². The number of carbonyl (C=O) groups excluding carboxylic acids is 1. The van der Waals surface area contributed by atoms with E-state index in [2.05, 4.69) is 27.9 Å². The Morgan fingerprint density at radius 2 is 1.80 bits per heavy atom. The van der Waals surface area contributed by atoms with Crippen LogP contribution in [0.1, 0.15) is 27.2 Å². The van der Waals surface area contributed by atoms with Gasteiger partial charge in [-0.3, -0.25) is 4.79 Å². The largest absolute Gasteiger partial charge is 1.00 e. The second-order valence-corrected chi connectivity index (χ2v) is 4.91. The Balaban J connectivity index is 0. The van der Waals surface area contributed by atoms with Gasteiger partial charge in [0.15, 0.2) is 0 Å². The molecule has 0 fully saturated rings. The maximum Gasteiger partial charge on any atom is 0.302 e. The summed E-state index contributed by atoms with van der Waals surface area (Å²) >= 11 is 0. The number of quaternary nitrogens is 1. The zero-order valence-corrected chi connectivity index (χ0v) is 11.3. The number of hydrogen-bond donors (Lipinski definition) is 0. The van der Waals surface area contributed by atoms with Crippen LogP contribution in [0.25, 0.3) is 0 Å². The van der Waals surface area contributed by atoms with Crippen molar-refractivity contribution in [3.05, 3.63) is 0 Å². The maximum absolute atomic E-state index is 10.6. The fraction of sp³-hybridized carbons (Fsp3) is 0.909. The zero-order chi connectivity index (χ0) is 11.2. The van der Waals surface area contributed by atoms with Gasteiger partial charge >= 0.3 is 5.97 Å². The molecule has 0 saturated heterocycles. The van der Waals surface area contributed by atoms with Crippen LogP contribution >= 0.6 is 0 Å². The molecule has 0 aliphatic rings. The molecule has 0 saturated carbocycles. The molecule has 0 N–H and O–H groups in total. The van der Waals surface area contributed by atoms with Crippen molar-refractivity contribution in [2.24, 2.45) is 5.92 Å². The average Bonchev–Trinajstić information content (AvgIpc) is 2.00. The maximum atomic E-state index is 10.6. The van der Waals surface area contributed by atoms with E-state index in [9.17, 15) is 4.79 Å². The molecule has 0 bridgehead atoms. The number of ether oxygens (including phenoxy) is 1. The number of rotatable bonds is 6. The van der Waals surface area contributed by atoms with Crippen LogP contribution in [0.2, 0.25) is 0 Å². The molecule has 0 aliphatic heterocycles. The van der Waals surface area contributed by atoms with Crippen LogP contribution in [0.4, 0.5) is 0 Å². The van der Waals surface area contributed by atoms with Crippen LogP contribution in [0.15, 0.2) is 0 Å². The number of halogens is 1. The molecule has 0 aromatic heterocycles. The summed E-state index contributed by atoms with van der Waals surface area (Å²) in [6, 6.07) is 0. The van der Waals surface area contributed by atoms with Crippen LogP contribution in [-0.2, 0) is 9.53 Å². The van der Waals surface area contributed by atoms with Crippen molar-refractivity contribution in [1.29, 1.82) is 0 Å². The Hall–Kier alpha value is -0.280. The van der Waals surface area contributed by atoms with E-state index in [0.29, 0.717) is 6.61 Å². The summed E-state index contributed by atoms with van der Waals surface area (Å²) < 4.78 is 5.85. The highest BCUT2D eigenvalue weighted by molar-refractivity contribution is 5.65. The van der Waals surface area contributed by atoms with Crippen molar-refractivity contribution < 1.29 is 26.4 Å². The van der Waals surface area contributed by atoms with Gasteiger partial charge < -0.3 is 21.6 Å². The summed E-state index contributed by atoms with van der Waals surface area (Å²) in [5, 5.41) is 0. The highest BCUT2D eigenvalue weighted by Crippen LogP contribution is 2.05. The van der Waals surface area contributed by atoms with E-state index in [4.69, 9.17) is 4.74 Å². The summed E-state index contributed by atoms with van der Waals surface area (Å²) in [6.45, 7) is 8.47. The van der Waals surface area contributed by atoms with Crippen molar-refractivity contribution in [2.45, 2.75) is 27.2 Å². The third kappa shape index (κ3) is 11.6. The molecule has 0 aromatic carbocycles. The topological polar surface area (TPSA) is 26.3 Å². The van der Waals surface area contributed by atoms with Crippen molar-refractivity contribution in [2.75, 3.05) is 33.8 Å². The van der Waals surface area contributed by atoms with Gasteiger partial charge in [-0.25, -0.2) is 0 Å². The van der Waals surface area contributed by atoms with Gasteiger partial charge in [-0.2, -0.15) is 0 Å². The predicted molar refractivity (Wildman–Crippen MR) is 57.9 cm³/mol. The number of carbonyl (C=O) groups is 1. The second-order valence-electron chi connectivity index (χ2n) is 4.91. The van der Waals surface area contributed by atoms with E-state index >= 15 is 0 Å². The fourth-order valence-corrected chi connectivity index (χ4v) is 1.16. The van der Waals surface area contributed by atoms with Gasteiger partial charge in [-0.05, 0) is 12.3 Å². The van der Waals surface area contributed by atoms with Crippen LogP contribution < -0.4 is 12.4 Å². The van der Waals surface area contributed by atoms with Gasteiger partial charge in [-0.1, -0.05) is 13.8 Å². The number of nitrogens with zero attached hydrogens (tertiary/aromatic N) is 1. The molecule has 15 heavy (non-hydrogen) atoms. The first-order valence-corrected chi connectivity index (χ1v) is 5.29. The molecule has 0 heterocycles. The number of hydrogen-bond acceptors (Lipinski definition) is 2. The molecule has 0 aliphatic carbocycles. The minimum Gasteiger partial charge on any atom is -1.00 e. The summed E-state index contributed by atoms with van der Waals surface area (Å²) in [6.07, 6.45) is 1.22. The summed E-state index contributed by atoms with van der Waals surface area (Å²) in [5.74, 6) is 0.551. The van der Waals surface area contributed by atoms with E-state index in [1.165, 1.54) is 13.3 Å². The van der Waals surface area contributed by atoms with Crippen LogP contribution in [0.3, 0.4) is 0 Å². The Kier molecular flexibility index (Phi) is 9.07. The Bertz CT molecular complexity index is 181. The molecule has 0 atom stereocenters. The summed E-state index contributed by atoms with van der Waals surface area (Å²) in [5.41, 5.74) is 0. The second kappa shape index (κ2) is 7.94. The average molecular weight is 238 g/mol. The highest BCUT2D eigenvalue weighted by atomic mass is 35.5. The third-order valence-corrected chi connectivity index (χ3v) is 2.31. The van der Waals surface area contributed by atoms with Gasteiger partial charge in [0.2, 0.25) is 0 Å². The summed E-state index contributed by atoms with van der Waals surface area (Å²) in [7, 11) is 4.34. The highest BCUT2D eigenvalue weighted by Gasteiger charge is 2.15. The smallest absolute Gasteiger partial charge is 0.302 e. The summed E-state index contributed by atoms with van der Waals surface area (Å²) in [4.78, 5) is 10.6. The van der Waals surface area contributed by atoms with Crippen molar-refractivity contribution in [1.82, 2.24) is 0 Å². The molecule has 92 valence electrons. The normalized spacial score (nSPS) is 11.1. The van der Waals surface area contributed by atoms with Crippen molar-refractivity contribution in [3.8, 4) is 0 Å². The molecular formula is C11H24ClNO2. The number of likely N-dealkylation sites (N-methyl/N-ethyl adjacent to an activating group) is 1. The fourth-order valence-electron chi connectivity index (χ4n) is 1.16. The minimum atomic E-state index is -0.186. The zero-order valence-electron chi connectivity index (χ0n) is 10.5. The van der Waals surface area contributed by atoms with Gasteiger partial charge in [0.25, 0.3) is 0 Å². The first kappa shape index (κ1) is 17.1. The van der Waals surface area contributed by atoms with Crippen molar-refractivity contribution in [3.63, 3.8) is 0 Å². The van der Waals surface area contributed by atoms with E-state index < -0.39 is 0 Å². The third-order valence-electron chi connectivity index (χ3n) is 2.31. The van der Waals surface area contributed by atoms with Crippen molar-refractivity contribution >= 4 is 5.97 Å². The molecular weight excluding hydrogens is 214 g/mol. The van der Waals surface area contributed by atoms with Gasteiger partial charge in [0, 0.05) is 6.92 Å². The molecule has 4 heteroatoms. The lowest BCUT2D eigenvalue weighted by Gasteiger charge is -2.30. The molecule has 0 unspecified atom stereocenters. The van der Waals surface area contributed by atoms with E-state index in [1.807, 2.05) is 0 Å². The molecule has 0 spiro atoms.